The summed E-state index contributed by atoms with van der Waals surface area (Å²) in [5.41, 5.74) is 4.63. The largest absolute Gasteiger partial charge is 0.321 e. The number of nitrogens with zero attached hydrogens (tertiary/aromatic N) is 1. The molecule has 0 aliphatic heterocycles. The molecule has 4 N–H and O–H groups in total. The van der Waals surface area contributed by atoms with E-state index in [-0.39, 0.29) is 11.8 Å². The number of halogens is 1. The molecule has 2 rings (SSSR count). The highest BCUT2D eigenvalue weighted by Crippen LogP contribution is 2.20. The minimum absolute atomic E-state index is 0.181. The van der Waals surface area contributed by atoms with E-state index in [1.807, 2.05) is 38.1 Å². The van der Waals surface area contributed by atoms with E-state index in [1.165, 1.54) is 0 Å². The number of amides is 1. The molecule has 0 unspecified atom stereocenters. The summed E-state index contributed by atoms with van der Waals surface area (Å²) in [4.78, 5) is 16.7. The van der Waals surface area contributed by atoms with Crippen molar-refractivity contribution in [3.8, 4) is 0 Å². The van der Waals surface area contributed by atoms with Gasteiger partial charge in [-0.3, -0.25) is 4.79 Å². The van der Waals surface area contributed by atoms with Crippen LogP contribution in [-0.2, 0) is 0 Å². The van der Waals surface area contributed by atoms with Crippen molar-refractivity contribution in [1.29, 1.82) is 0 Å². The van der Waals surface area contributed by atoms with E-state index in [2.05, 4.69) is 38.3 Å². The van der Waals surface area contributed by atoms with Crippen LogP contribution in [-0.4, -0.2) is 10.9 Å². The van der Waals surface area contributed by atoms with Crippen molar-refractivity contribution in [1.82, 2.24) is 4.98 Å². The number of benzene rings is 1. The lowest BCUT2D eigenvalue weighted by Gasteiger charge is -2.12. The summed E-state index contributed by atoms with van der Waals surface area (Å²) in [6, 6.07) is 11.0. The number of aromatic nitrogens is 1. The van der Waals surface area contributed by atoms with Gasteiger partial charge >= 0.3 is 0 Å². The highest BCUT2D eigenvalue weighted by molar-refractivity contribution is 14.1. The van der Waals surface area contributed by atoms with Gasteiger partial charge in [0.2, 0.25) is 0 Å². The number of carbonyl (C=O) groups is 1. The van der Waals surface area contributed by atoms with Crippen molar-refractivity contribution in [3.05, 3.63) is 51.2 Å². The predicted octanol–water partition coefficient (Wildman–Crippen LogP) is 3.35. The summed E-state index contributed by atoms with van der Waals surface area (Å²) >= 11 is 2.19. The van der Waals surface area contributed by atoms with Crippen molar-refractivity contribution < 1.29 is 4.79 Å². The molecule has 1 aromatic heterocycles. The summed E-state index contributed by atoms with van der Waals surface area (Å²) in [7, 11) is 0. The molecule has 1 amide bonds. The molecule has 0 saturated heterocycles. The first-order valence-corrected chi connectivity index (χ1v) is 7.63. The number of hydrazine groups is 1. The first-order valence-electron chi connectivity index (χ1n) is 6.55. The van der Waals surface area contributed by atoms with Gasteiger partial charge in [-0.15, -0.1) is 0 Å². The molecule has 0 spiro atoms. The van der Waals surface area contributed by atoms with Crippen molar-refractivity contribution in [2.45, 2.75) is 19.8 Å². The van der Waals surface area contributed by atoms with E-state index in [9.17, 15) is 4.79 Å². The fourth-order valence-electron chi connectivity index (χ4n) is 1.81. The first kappa shape index (κ1) is 15.7. The predicted molar refractivity (Wildman–Crippen MR) is 93.2 cm³/mol. The van der Waals surface area contributed by atoms with Gasteiger partial charge in [-0.2, -0.15) is 0 Å². The van der Waals surface area contributed by atoms with Crippen LogP contribution < -0.4 is 16.6 Å². The van der Waals surface area contributed by atoms with E-state index in [0.717, 1.165) is 15.0 Å². The Labute approximate surface area is 137 Å². The van der Waals surface area contributed by atoms with Crippen LogP contribution >= 0.6 is 22.6 Å². The normalized spacial score (nSPS) is 10.5. The molecule has 110 valence electrons. The van der Waals surface area contributed by atoms with Gasteiger partial charge < -0.3 is 10.7 Å². The Bertz CT molecular complexity index is 658. The van der Waals surface area contributed by atoms with Crippen LogP contribution in [0.15, 0.2) is 36.4 Å². The van der Waals surface area contributed by atoms with Gasteiger partial charge in [0.1, 0.15) is 5.82 Å². The van der Waals surface area contributed by atoms with E-state index in [1.54, 1.807) is 12.1 Å². The second kappa shape index (κ2) is 6.86. The van der Waals surface area contributed by atoms with Gasteiger partial charge in [-0.25, -0.2) is 10.8 Å². The maximum Gasteiger partial charge on any atom is 0.255 e. The van der Waals surface area contributed by atoms with Crippen LogP contribution in [0.2, 0.25) is 0 Å². The second-order valence-electron chi connectivity index (χ2n) is 4.90. The lowest BCUT2D eigenvalue weighted by atomic mass is 10.1. The number of nitrogen functional groups attached to an aromatic ring is 1. The molecule has 0 fully saturated rings. The zero-order chi connectivity index (χ0) is 15.4. The summed E-state index contributed by atoms with van der Waals surface area (Å²) in [6.45, 7) is 4.04. The quantitative estimate of drug-likeness (QED) is 0.421. The zero-order valence-corrected chi connectivity index (χ0v) is 14.0. The van der Waals surface area contributed by atoms with E-state index in [0.29, 0.717) is 11.4 Å². The van der Waals surface area contributed by atoms with Crippen molar-refractivity contribution in [2.24, 2.45) is 5.84 Å². The van der Waals surface area contributed by atoms with Crippen LogP contribution in [0.3, 0.4) is 0 Å². The fraction of sp³-hybridized carbons (Fsp3) is 0.200. The Morgan fingerprint density at radius 1 is 1.29 bits per heavy atom. The topological polar surface area (TPSA) is 80.0 Å². The van der Waals surface area contributed by atoms with Crippen molar-refractivity contribution in [2.75, 3.05) is 10.7 Å². The average Bonchev–Trinajstić information content (AvgIpc) is 2.49. The summed E-state index contributed by atoms with van der Waals surface area (Å²) in [5.74, 6) is 5.93. The molecule has 0 aliphatic rings. The number of pyridine rings is 1. The molecule has 1 aromatic carbocycles. The second-order valence-corrected chi connectivity index (χ2v) is 6.06. The highest BCUT2D eigenvalue weighted by Gasteiger charge is 2.12. The van der Waals surface area contributed by atoms with Gasteiger partial charge in [0.25, 0.3) is 5.91 Å². The molecule has 0 aliphatic carbocycles. The average molecular weight is 396 g/mol. The number of anilines is 2. The number of carbonyl (C=O) groups excluding carboxylic acids is 1. The van der Waals surface area contributed by atoms with Crippen LogP contribution in [0.1, 0.15) is 35.8 Å². The van der Waals surface area contributed by atoms with Crippen molar-refractivity contribution in [3.63, 3.8) is 0 Å². The van der Waals surface area contributed by atoms with Crippen LogP contribution in [0.5, 0.6) is 0 Å². The fourth-order valence-corrected chi connectivity index (χ4v) is 2.33. The third-order valence-corrected chi connectivity index (χ3v) is 3.91. The summed E-state index contributed by atoms with van der Waals surface area (Å²) in [6.07, 6.45) is 0. The molecule has 1 heterocycles. The van der Waals surface area contributed by atoms with E-state index < -0.39 is 0 Å². The number of nitrogens with one attached hydrogen (secondary N) is 2. The zero-order valence-electron chi connectivity index (χ0n) is 11.9. The SMILES string of the molecule is CC(C)c1cc(C(=O)Nc2ccccc2I)cc(NN)n1. The minimum atomic E-state index is -0.181. The lowest BCUT2D eigenvalue weighted by molar-refractivity contribution is 0.102. The van der Waals surface area contributed by atoms with E-state index in [4.69, 9.17) is 5.84 Å². The Kier molecular flexibility index (Phi) is 5.13. The minimum Gasteiger partial charge on any atom is -0.321 e. The standard InChI is InChI=1S/C15H17IN4O/c1-9(2)13-7-10(8-14(18-13)20-17)15(21)19-12-6-4-3-5-11(12)16/h3-9H,17H2,1-2H3,(H,18,20)(H,19,21). The highest BCUT2D eigenvalue weighted by atomic mass is 127. The smallest absolute Gasteiger partial charge is 0.255 e. The summed E-state index contributed by atoms with van der Waals surface area (Å²) in [5, 5.41) is 2.90. The number of hydrogen-bond donors (Lipinski definition) is 3. The summed E-state index contributed by atoms with van der Waals surface area (Å²) < 4.78 is 0.985. The third kappa shape index (κ3) is 3.92. The third-order valence-electron chi connectivity index (χ3n) is 2.97. The van der Waals surface area contributed by atoms with Crippen molar-refractivity contribution >= 4 is 40.0 Å². The molecule has 0 bridgehead atoms. The number of rotatable bonds is 4. The van der Waals surface area contributed by atoms with Crippen LogP contribution in [0.25, 0.3) is 0 Å². The van der Waals surface area contributed by atoms with Gasteiger partial charge in [0, 0.05) is 14.8 Å². The van der Waals surface area contributed by atoms with Gasteiger partial charge in [-0.1, -0.05) is 26.0 Å². The Morgan fingerprint density at radius 3 is 2.62 bits per heavy atom. The molecule has 0 saturated carbocycles. The monoisotopic (exact) mass is 396 g/mol. The van der Waals surface area contributed by atoms with Gasteiger partial charge in [0.15, 0.2) is 0 Å². The Hall–Kier alpha value is -1.67. The van der Waals surface area contributed by atoms with Gasteiger partial charge in [-0.05, 0) is 52.8 Å². The van der Waals surface area contributed by atoms with Gasteiger partial charge in [0.05, 0.1) is 5.69 Å². The lowest BCUT2D eigenvalue weighted by Crippen LogP contribution is -2.16. The molecule has 21 heavy (non-hydrogen) atoms. The Balaban J connectivity index is 2.30. The number of hydrogen-bond acceptors (Lipinski definition) is 4. The van der Waals surface area contributed by atoms with E-state index >= 15 is 0 Å². The number of nitrogens with two attached hydrogens (primary N) is 1. The molecule has 0 radical (unpaired) electrons. The van der Waals surface area contributed by atoms with Crippen LogP contribution in [0.4, 0.5) is 11.5 Å². The molecule has 2 aromatic rings. The van der Waals surface area contributed by atoms with Crippen LogP contribution in [0, 0.1) is 3.57 Å². The first-order chi connectivity index (χ1) is 10.0. The molecule has 0 atom stereocenters. The number of para-hydroxylation sites is 1. The molecular formula is C15H17IN4O. The maximum absolute atomic E-state index is 12.4. The molecular weight excluding hydrogens is 379 g/mol. The Morgan fingerprint density at radius 2 is 2.00 bits per heavy atom. The molecule has 6 heteroatoms. The maximum atomic E-state index is 12.4. The molecule has 5 nitrogen and oxygen atoms in total.